The van der Waals surface area contributed by atoms with Gasteiger partial charge in [-0.15, -0.1) is 0 Å². The van der Waals surface area contributed by atoms with Crippen LogP contribution < -0.4 is 0 Å². The third-order valence-corrected chi connectivity index (χ3v) is 2.52. The van der Waals surface area contributed by atoms with Crippen LogP contribution in [0.5, 0.6) is 0 Å². The molecule has 0 fully saturated rings. The maximum absolute atomic E-state index is 11.5. The molecule has 0 aliphatic carbocycles. The summed E-state index contributed by atoms with van der Waals surface area (Å²) in [4.78, 5) is 22.8. The van der Waals surface area contributed by atoms with Crippen molar-refractivity contribution < 1.29 is 9.59 Å². The fraction of sp³-hybridized carbons (Fsp3) is 0.833. The number of hydrogen-bond acceptors (Lipinski definition) is 2. The zero-order valence-corrected chi connectivity index (χ0v) is 9.96. The highest BCUT2D eigenvalue weighted by atomic mass is 16.1. The first kappa shape index (κ1) is 13.3. The summed E-state index contributed by atoms with van der Waals surface area (Å²) in [7, 11) is 0. The predicted molar refractivity (Wildman–Crippen MR) is 58.1 cm³/mol. The summed E-state index contributed by atoms with van der Waals surface area (Å²) in [6.45, 7) is 9.52. The van der Waals surface area contributed by atoms with E-state index < -0.39 is 0 Å². The van der Waals surface area contributed by atoms with Crippen LogP contribution in [-0.2, 0) is 9.59 Å². The molecule has 0 radical (unpaired) electrons. The van der Waals surface area contributed by atoms with Crippen molar-refractivity contribution >= 4 is 11.6 Å². The SMILES string of the molecule is CC(C)C(=O)CCC(C)C(=O)C(C)C. The van der Waals surface area contributed by atoms with Gasteiger partial charge in [-0.2, -0.15) is 0 Å². The topological polar surface area (TPSA) is 34.1 Å². The van der Waals surface area contributed by atoms with Gasteiger partial charge in [-0.1, -0.05) is 34.6 Å². The lowest BCUT2D eigenvalue weighted by Gasteiger charge is -2.12. The number of carbonyl (C=O) groups is 2. The lowest BCUT2D eigenvalue weighted by molar-refractivity contribution is -0.126. The molecule has 14 heavy (non-hydrogen) atoms. The Labute approximate surface area is 87.1 Å². The average molecular weight is 198 g/mol. The fourth-order valence-electron chi connectivity index (χ4n) is 1.36. The molecule has 0 N–H and O–H groups in total. The van der Waals surface area contributed by atoms with Crippen molar-refractivity contribution in [2.45, 2.75) is 47.5 Å². The minimum Gasteiger partial charge on any atom is -0.299 e. The maximum Gasteiger partial charge on any atom is 0.138 e. The highest BCUT2D eigenvalue weighted by Gasteiger charge is 2.18. The molecule has 0 aromatic rings. The molecule has 0 aliphatic rings. The molecular weight excluding hydrogens is 176 g/mol. The summed E-state index contributed by atoms with van der Waals surface area (Å²) in [5.41, 5.74) is 0. The largest absolute Gasteiger partial charge is 0.299 e. The van der Waals surface area contributed by atoms with E-state index in [1.54, 1.807) is 0 Å². The van der Waals surface area contributed by atoms with E-state index in [-0.39, 0.29) is 29.3 Å². The van der Waals surface area contributed by atoms with Gasteiger partial charge in [-0.25, -0.2) is 0 Å². The summed E-state index contributed by atoms with van der Waals surface area (Å²) in [6.07, 6.45) is 1.24. The van der Waals surface area contributed by atoms with E-state index in [9.17, 15) is 9.59 Å². The Balaban J connectivity index is 3.91. The highest BCUT2D eigenvalue weighted by molar-refractivity contribution is 5.84. The van der Waals surface area contributed by atoms with Crippen molar-refractivity contribution in [1.29, 1.82) is 0 Å². The van der Waals surface area contributed by atoms with Crippen LogP contribution in [0.4, 0.5) is 0 Å². The third-order valence-electron chi connectivity index (χ3n) is 2.52. The van der Waals surface area contributed by atoms with E-state index in [0.29, 0.717) is 12.8 Å². The quantitative estimate of drug-likeness (QED) is 0.657. The van der Waals surface area contributed by atoms with E-state index in [1.807, 2.05) is 34.6 Å². The van der Waals surface area contributed by atoms with Gasteiger partial charge in [-0.3, -0.25) is 9.59 Å². The lowest BCUT2D eigenvalue weighted by Crippen LogP contribution is -2.19. The summed E-state index contributed by atoms with van der Waals surface area (Å²) < 4.78 is 0. The van der Waals surface area contributed by atoms with E-state index in [2.05, 4.69) is 0 Å². The first-order valence-electron chi connectivity index (χ1n) is 5.42. The first-order valence-corrected chi connectivity index (χ1v) is 5.42. The molecule has 0 aromatic heterocycles. The van der Waals surface area contributed by atoms with Gasteiger partial charge in [0.1, 0.15) is 11.6 Å². The average Bonchev–Trinajstić information content (AvgIpc) is 2.11. The van der Waals surface area contributed by atoms with Gasteiger partial charge in [0.25, 0.3) is 0 Å². The van der Waals surface area contributed by atoms with Crippen LogP contribution in [0.25, 0.3) is 0 Å². The van der Waals surface area contributed by atoms with E-state index >= 15 is 0 Å². The molecular formula is C12H22O2. The fourth-order valence-corrected chi connectivity index (χ4v) is 1.36. The normalized spacial score (nSPS) is 13.4. The second-order valence-corrected chi connectivity index (χ2v) is 4.62. The smallest absolute Gasteiger partial charge is 0.138 e. The molecule has 0 amide bonds. The number of hydrogen-bond donors (Lipinski definition) is 0. The van der Waals surface area contributed by atoms with Crippen molar-refractivity contribution in [1.82, 2.24) is 0 Å². The monoisotopic (exact) mass is 198 g/mol. The van der Waals surface area contributed by atoms with Crippen LogP contribution in [0.15, 0.2) is 0 Å². The van der Waals surface area contributed by atoms with Crippen molar-refractivity contribution in [3.05, 3.63) is 0 Å². The van der Waals surface area contributed by atoms with Gasteiger partial charge in [0, 0.05) is 24.2 Å². The Hall–Kier alpha value is -0.660. The third kappa shape index (κ3) is 4.54. The number of ketones is 2. The minimum absolute atomic E-state index is 0.0256. The molecule has 0 saturated heterocycles. The molecule has 82 valence electrons. The van der Waals surface area contributed by atoms with Crippen molar-refractivity contribution in [3.8, 4) is 0 Å². The van der Waals surface area contributed by atoms with Crippen LogP contribution in [0, 0.1) is 17.8 Å². The van der Waals surface area contributed by atoms with Crippen LogP contribution in [0.3, 0.4) is 0 Å². The van der Waals surface area contributed by atoms with Gasteiger partial charge < -0.3 is 0 Å². The Kier molecular flexibility index (Phi) is 5.66. The maximum atomic E-state index is 11.5. The molecule has 2 heteroatoms. The van der Waals surface area contributed by atoms with Crippen LogP contribution in [0.2, 0.25) is 0 Å². The molecule has 0 saturated carbocycles. The molecule has 0 rings (SSSR count). The molecule has 0 aliphatic heterocycles. The number of Topliss-reactive ketones (excluding diaryl/α,β-unsaturated/α-hetero) is 2. The molecule has 0 bridgehead atoms. The van der Waals surface area contributed by atoms with Crippen molar-refractivity contribution in [3.63, 3.8) is 0 Å². The molecule has 2 nitrogen and oxygen atoms in total. The van der Waals surface area contributed by atoms with Gasteiger partial charge >= 0.3 is 0 Å². The van der Waals surface area contributed by atoms with E-state index in [1.165, 1.54) is 0 Å². The van der Waals surface area contributed by atoms with Gasteiger partial charge in [0.2, 0.25) is 0 Å². The molecule has 0 heterocycles. The molecule has 1 unspecified atom stereocenters. The van der Waals surface area contributed by atoms with Crippen molar-refractivity contribution in [2.75, 3.05) is 0 Å². The minimum atomic E-state index is 0.0256. The Morgan fingerprint density at radius 2 is 1.43 bits per heavy atom. The Morgan fingerprint density at radius 3 is 1.79 bits per heavy atom. The summed E-state index contributed by atoms with van der Waals surface area (Å²) in [6, 6.07) is 0. The van der Waals surface area contributed by atoms with Gasteiger partial charge in [0.15, 0.2) is 0 Å². The van der Waals surface area contributed by atoms with E-state index in [4.69, 9.17) is 0 Å². The Morgan fingerprint density at radius 1 is 0.929 bits per heavy atom. The molecule has 0 aromatic carbocycles. The highest BCUT2D eigenvalue weighted by Crippen LogP contribution is 2.14. The molecule has 1 atom stereocenters. The summed E-state index contributed by atoms with van der Waals surface area (Å²) in [5.74, 6) is 0.725. The van der Waals surface area contributed by atoms with Gasteiger partial charge in [-0.05, 0) is 6.42 Å². The first-order chi connectivity index (χ1) is 6.36. The zero-order chi connectivity index (χ0) is 11.3. The lowest BCUT2D eigenvalue weighted by atomic mass is 9.91. The van der Waals surface area contributed by atoms with E-state index in [0.717, 1.165) is 0 Å². The predicted octanol–water partition coefficient (Wildman–Crippen LogP) is 2.85. The second kappa shape index (κ2) is 5.94. The number of carbonyl (C=O) groups excluding carboxylic acids is 2. The standard InChI is InChI=1S/C12H22O2/c1-8(2)11(13)7-6-10(5)12(14)9(3)4/h8-10H,6-7H2,1-5H3. The zero-order valence-electron chi connectivity index (χ0n) is 9.96. The van der Waals surface area contributed by atoms with Crippen LogP contribution in [0.1, 0.15) is 47.5 Å². The summed E-state index contributed by atoms with van der Waals surface area (Å²) >= 11 is 0. The second-order valence-electron chi connectivity index (χ2n) is 4.62. The van der Waals surface area contributed by atoms with Gasteiger partial charge in [0.05, 0.1) is 0 Å². The van der Waals surface area contributed by atoms with Crippen molar-refractivity contribution in [2.24, 2.45) is 17.8 Å². The van der Waals surface area contributed by atoms with Crippen LogP contribution >= 0.6 is 0 Å². The summed E-state index contributed by atoms with van der Waals surface area (Å²) in [5, 5.41) is 0. The molecule has 0 spiro atoms. The number of rotatable bonds is 6. The Bertz CT molecular complexity index is 204. The van der Waals surface area contributed by atoms with Crippen LogP contribution in [-0.4, -0.2) is 11.6 Å².